The number of hydrogen-bond acceptors (Lipinski definition) is 4. The highest BCUT2D eigenvalue weighted by atomic mass is 32.1. The molecule has 2 heterocycles. The number of methoxy groups -OCH3 is 1. The summed E-state index contributed by atoms with van der Waals surface area (Å²) in [5, 5.41) is 9.06. The van der Waals surface area contributed by atoms with Gasteiger partial charge in [-0.1, -0.05) is 6.07 Å². The first kappa shape index (κ1) is 13.8. The molecule has 0 fully saturated rings. The number of thiophene rings is 1. The minimum Gasteiger partial charge on any atom is -0.382 e. The van der Waals surface area contributed by atoms with Crippen LogP contribution in [0.2, 0.25) is 0 Å². The molecule has 2 rings (SSSR count). The van der Waals surface area contributed by atoms with E-state index in [-0.39, 0.29) is 11.9 Å². The van der Waals surface area contributed by atoms with Crippen LogP contribution >= 0.6 is 11.3 Å². The largest absolute Gasteiger partial charge is 0.382 e. The van der Waals surface area contributed by atoms with Gasteiger partial charge in [-0.3, -0.25) is 9.48 Å². The summed E-state index contributed by atoms with van der Waals surface area (Å²) in [4.78, 5) is 13.1. The van der Waals surface area contributed by atoms with Gasteiger partial charge in [0.15, 0.2) is 0 Å². The second kappa shape index (κ2) is 6.49. The molecule has 5 nitrogen and oxygen atoms in total. The van der Waals surface area contributed by atoms with Crippen molar-refractivity contribution in [3.63, 3.8) is 0 Å². The highest BCUT2D eigenvalue weighted by Crippen LogP contribution is 2.14. The van der Waals surface area contributed by atoms with Gasteiger partial charge in [0.05, 0.1) is 24.8 Å². The van der Waals surface area contributed by atoms with Gasteiger partial charge in [-0.05, 0) is 17.5 Å². The van der Waals surface area contributed by atoms with E-state index in [9.17, 15) is 4.79 Å². The molecule has 102 valence electrons. The molecule has 2 aromatic rings. The Bertz CT molecular complexity index is 522. The van der Waals surface area contributed by atoms with Crippen molar-refractivity contribution in [3.8, 4) is 0 Å². The zero-order valence-electron chi connectivity index (χ0n) is 11.0. The number of ether oxygens (including phenoxy) is 1. The van der Waals surface area contributed by atoms with Gasteiger partial charge in [0.1, 0.15) is 0 Å². The lowest BCUT2D eigenvalue weighted by Crippen LogP contribution is -2.33. The van der Waals surface area contributed by atoms with Crippen molar-refractivity contribution in [2.75, 3.05) is 13.7 Å². The molecule has 0 aliphatic rings. The molecule has 1 N–H and O–H groups in total. The van der Waals surface area contributed by atoms with Crippen LogP contribution in [0.5, 0.6) is 0 Å². The zero-order valence-corrected chi connectivity index (χ0v) is 11.8. The molecule has 0 aromatic carbocycles. The zero-order chi connectivity index (χ0) is 13.7. The predicted octanol–water partition coefficient (Wildman–Crippen LogP) is 1.53. The summed E-state index contributed by atoms with van der Waals surface area (Å²) in [6.07, 6.45) is 2.11. The van der Waals surface area contributed by atoms with Crippen molar-refractivity contribution in [3.05, 3.63) is 40.3 Å². The van der Waals surface area contributed by atoms with Crippen molar-refractivity contribution >= 4 is 17.2 Å². The van der Waals surface area contributed by atoms with Gasteiger partial charge in [-0.25, -0.2) is 0 Å². The topological polar surface area (TPSA) is 56.1 Å². The first-order chi connectivity index (χ1) is 9.20. The summed E-state index contributed by atoms with van der Waals surface area (Å²) >= 11 is 1.58. The smallest absolute Gasteiger partial charge is 0.225 e. The number of carbonyl (C=O) groups excluding carboxylic acids is 1. The fourth-order valence-electron chi connectivity index (χ4n) is 1.91. The molecule has 0 aliphatic heterocycles. The Kier molecular flexibility index (Phi) is 4.70. The summed E-state index contributed by atoms with van der Waals surface area (Å²) in [6.45, 7) is 0.426. The van der Waals surface area contributed by atoms with Crippen LogP contribution in [0.15, 0.2) is 29.8 Å². The number of nitrogens with one attached hydrogen (secondary N) is 1. The van der Waals surface area contributed by atoms with Crippen LogP contribution in [0.3, 0.4) is 0 Å². The SMILES string of the molecule is COC[C@H](NC(=O)Cc1cccs1)c1ccnn1C. The number of nitrogens with zero attached hydrogens (tertiary/aromatic N) is 2. The Hall–Kier alpha value is -1.66. The number of rotatable bonds is 6. The van der Waals surface area contributed by atoms with E-state index in [1.54, 1.807) is 29.3 Å². The monoisotopic (exact) mass is 279 g/mol. The quantitative estimate of drug-likeness (QED) is 0.872. The molecule has 19 heavy (non-hydrogen) atoms. The van der Waals surface area contributed by atoms with Crippen LogP contribution in [0, 0.1) is 0 Å². The van der Waals surface area contributed by atoms with Gasteiger partial charge < -0.3 is 10.1 Å². The Labute approximate surface area is 116 Å². The molecular weight excluding hydrogens is 262 g/mol. The third kappa shape index (κ3) is 3.65. The number of carbonyl (C=O) groups is 1. The Morgan fingerprint density at radius 3 is 3.00 bits per heavy atom. The molecule has 0 saturated carbocycles. The van der Waals surface area contributed by atoms with Gasteiger partial charge in [0.2, 0.25) is 5.91 Å². The van der Waals surface area contributed by atoms with E-state index < -0.39 is 0 Å². The van der Waals surface area contributed by atoms with Crippen LogP contribution in [-0.4, -0.2) is 29.4 Å². The molecule has 2 aromatic heterocycles. The third-order valence-electron chi connectivity index (χ3n) is 2.80. The first-order valence-corrected chi connectivity index (χ1v) is 6.87. The standard InChI is InChI=1S/C13H17N3O2S/c1-16-12(5-6-14-16)11(9-18-2)15-13(17)8-10-4-3-7-19-10/h3-7,11H,8-9H2,1-2H3,(H,15,17)/t11-/m0/s1. The van der Waals surface area contributed by atoms with E-state index >= 15 is 0 Å². The highest BCUT2D eigenvalue weighted by Gasteiger charge is 2.17. The second-order valence-electron chi connectivity index (χ2n) is 4.21. The fraction of sp³-hybridized carbons (Fsp3) is 0.385. The average Bonchev–Trinajstić information content (AvgIpc) is 3.00. The van der Waals surface area contributed by atoms with Gasteiger partial charge in [0, 0.05) is 25.2 Å². The fourth-order valence-corrected chi connectivity index (χ4v) is 2.61. The number of aromatic nitrogens is 2. The second-order valence-corrected chi connectivity index (χ2v) is 5.24. The van der Waals surface area contributed by atoms with E-state index in [0.717, 1.165) is 10.6 Å². The van der Waals surface area contributed by atoms with E-state index in [2.05, 4.69) is 10.4 Å². The minimum absolute atomic E-state index is 0.00861. The molecular formula is C13H17N3O2S. The van der Waals surface area contributed by atoms with Crippen LogP contribution < -0.4 is 5.32 Å². The maximum absolute atomic E-state index is 12.0. The average molecular weight is 279 g/mol. The molecule has 0 bridgehead atoms. The Morgan fingerprint density at radius 1 is 1.58 bits per heavy atom. The minimum atomic E-state index is -0.176. The Balaban J connectivity index is 2.01. The maximum atomic E-state index is 12.0. The third-order valence-corrected chi connectivity index (χ3v) is 3.68. The molecule has 0 radical (unpaired) electrons. The lowest BCUT2D eigenvalue weighted by Gasteiger charge is -2.18. The van der Waals surface area contributed by atoms with Gasteiger partial charge in [0.25, 0.3) is 0 Å². The molecule has 0 aliphatic carbocycles. The van der Waals surface area contributed by atoms with Crippen LogP contribution in [0.1, 0.15) is 16.6 Å². The molecule has 1 amide bonds. The van der Waals surface area contributed by atoms with Crippen LogP contribution in [0.4, 0.5) is 0 Å². The molecule has 0 saturated heterocycles. The van der Waals surface area contributed by atoms with Crippen molar-refractivity contribution in [1.29, 1.82) is 0 Å². The van der Waals surface area contributed by atoms with Crippen LogP contribution in [-0.2, 0) is 23.0 Å². The van der Waals surface area contributed by atoms with E-state index in [0.29, 0.717) is 13.0 Å². The summed E-state index contributed by atoms with van der Waals surface area (Å²) in [6, 6.07) is 5.61. The van der Waals surface area contributed by atoms with Crippen molar-refractivity contribution in [2.24, 2.45) is 7.05 Å². The summed E-state index contributed by atoms with van der Waals surface area (Å²) in [7, 11) is 3.47. The summed E-state index contributed by atoms with van der Waals surface area (Å²) in [5.74, 6) is -0.00861. The maximum Gasteiger partial charge on any atom is 0.225 e. The predicted molar refractivity (Wildman–Crippen MR) is 74.0 cm³/mol. The molecule has 1 atom stereocenters. The number of aryl methyl sites for hydroxylation is 1. The van der Waals surface area contributed by atoms with Gasteiger partial charge in [-0.2, -0.15) is 5.10 Å². The van der Waals surface area contributed by atoms with Crippen molar-refractivity contribution in [1.82, 2.24) is 15.1 Å². The molecule has 0 unspecified atom stereocenters. The van der Waals surface area contributed by atoms with E-state index in [1.807, 2.05) is 30.6 Å². The van der Waals surface area contributed by atoms with E-state index in [1.165, 1.54) is 0 Å². The van der Waals surface area contributed by atoms with Crippen molar-refractivity contribution in [2.45, 2.75) is 12.5 Å². The summed E-state index contributed by atoms with van der Waals surface area (Å²) < 4.78 is 6.91. The lowest BCUT2D eigenvalue weighted by molar-refractivity contribution is -0.121. The molecule has 6 heteroatoms. The molecule has 0 spiro atoms. The number of hydrogen-bond donors (Lipinski definition) is 1. The van der Waals surface area contributed by atoms with Crippen molar-refractivity contribution < 1.29 is 9.53 Å². The lowest BCUT2D eigenvalue weighted by atomic mass is 10.2. The van der Waals surface area contributed by atoms with Crippen LogP contribution in [0.25, 0.3) is 0 Å². The first-order valence-electron chi connectivity index (χ1n) is 5.99. The van der Waals surface area contributed by atoms with Gasteiger partial charge >= 0.3 is 0 Å². The Morgan fingerprint density at radius 2 is 2.42 bits per heavy atom. The van der Waals surface area contributed by atoms with E-state index in [4.69, 9.17) is 4.74 Å². The number of amides is 1. The highest BCUT2D eigenvalue weighted by molar-refractivity contribution is 7.10. The van der Waals surface area contributed by atoms with Gasteiger partial charge in [-0.15, -0.1) is 11.3 Å². The summed E-state index contributed by atoms with van der Waals surface area (Å²) in [5.41, 5.74) is 0.932. The normalized spacial score (nSPS) is 12.3.